The fourth-order valence-corrected chi connectivity index (χ4v) is 1.74. The van der Waals surface area contributed by atoms with Crippen LogP contribution in [0.3, 0.4) is 0 Å². The molecular weight excluding hydrogens is 258 g/mol. The Hall–Kier alpha value is -2.15. The number of aromatic nitrogens is 3. The molecule has 0 aromatic carbocycles. The monoisotopic (exact) mass is 277 g/mol. The minimum atomic E-state index is -0.0827. The van der Waals surface area contributed by atoms with E-state index in [1.165, 1.54) is 0 Å². The van der Waals surface area contributed by atoms with Crippen molar-refractivity contribution in [2.45, 2.75) is 26.8 Å². The summed E-state index contributed by atoms with van der Waals surface area (Å²) in [7, 11) is 0. The fourth-order valence-electron chi connectivity index (χ4n) is 1.74. The number of aryl methyl sites for hydroxylation is 2. The highest BCUT2D eigenvalue weighted by Crippen LogP contribution is 2.06. The van der Waals surface area contributed by atoms with Crippen molar-refractivity contribution < 1.29 is 9.32 Å². The maximum atomic E-state index is 11.6. The van der Waals surface area contributed by atoms with Gasteiger partial charge in [-0.05, 0) is 19.4 Å². The smallest absolute Gasteiger partial charge is 0.226 e. The van der Waals surface area contributed by atoms with Gasteiger partial charge in [-0.25, -0.2) is 0 Å². The van der Waals surface area contributed by atoms with Gasteiger partial charge in [-0.15, -0.1) is 0 Å². The number of nitrogens with zero attached hydrogens (tertiary/aromatic N) is 3. The molecular formula is C13H19N5O2. The Morgan fingerprint density at radius 2 is 2.25 bits per heavy atom. The van der Waals surface area contributed by atoms with E-state index in [2.05, 4.69) is 20.9 Å². The average molecular weight is 277 g/mol. The molecule has 2 aromatic rings. The number of carbonyl (C=O) groups is 1. The molecule has 2 rings (SSSR count). The van der Waals surface area contributed by atoms with Crippen LogP contribution < -0.4 is 10.6 Å². The van der Waals surface area contributed by atoms with Crippen molar-refractivity contribution in [2.24, 2.45) is 0 Å². The van der Waals surface area contributed by atoms with Crippen LogP contribution in [0, 0.1) is 13.8 Å². The number of rotatable bonds is 7. The van der Waals surface area contributed by atoms with Gasteiger partial charge in [0, 0.05) is 31.8 Å². The summed E-state index contributed by atoms with van der Waals surface area (Å²) in [5.74, 6) is 1.05. The summed E-state index contributed by atoms with van der Waals surface area (Å²) >= 11 is 0. The first-order valence-corrected chi connectivity index (χ1v) is 6.56. The van der Waals surface area contributed by atoms with Crippen LogP contribution in [0.4, 0.5) is 5.82 Å². The van der Waals surface area contributed by atoms with Crippen molar-refractivity contribution in [1.82, 2.24) is 20.3 Å². The Kier molecular flexibility index (Phi) is 4.89. The molecule has 0 aliphatic heterocycles. The summed E-state index contributed by atoms with van der Waals surface area (Å²) in [5.41, 5.74) is 1.15. The lowest BCUT2D eigenvalue weighted by atomic mass is 10.4. The van der Waals surface area contributed by atoms with E-state index in [1.807, 2.05) is 24.0 Å². The van der Waals surface area contributed by atoms with Crippen molar-refractivity contribution in [1.29, 1.82) is 0 Å². The van der Waals surface area contributed by atoms with Crippen LogP contribution in [0.1, 0.15) is 17.7 Å². The first kappa shape index (κ1) is 14.3. The molecule has 20 heavy (non-hydrogen) atoms. The largest absolute Gasteiger partial charge is 0.360 e. The van der Waals surface area contributed by atoms with E-state index in [4.69, 9.17) is 4.52 Å². The van der Waals surface area contributed by atoms with Gasteiger partial charge in [-0.2, -0.15) is 5.10 Å². The van der Waals surface area contributed by atoms with E-state index < -0.39 is 0 Å². The zero-order chi connectivity index (χ0) is 14.4. The summed E-state index contributed by atoms with van der Waals surface area (Å²) in [6, 6.07) is 1.69. The molecule has 2 aromatic heterocycles. The Morgan fingerprint density at radius 1 is 1.40 bits per heavy atom. The number of hydrogen-bond donors (Lipinski definition) is 2. The van der Waals surface area contributed by atoms with Gasteiger partial charge in [0.15, 0.2) is 5.82 Å². The molecule has 1 amide bonds. The Balaban J connectivity index is 1.57. The molecule has 7 nitrogen and oxygen atoms in total. The van der Waals surface area contributed by atoms with Crippen LogP contribution in [0.15, 0.2) is 23.0 Å². The molecule has 0 saturated heterocycles. The second-order valence-corrected chi connectivity index (χ2v) is 4.65. The highest BCUT2D eigenvalue weighted by Gasteiger charge is 2.05. The minimum absolute atomic E-state index is 0.0827. The molecule has 7 heteroatoms. The quantitative estimate of drug-likeness (QED) is 0.740. The van der Waals surface area contributed by atoms with Gasteiger partial charge < -0.3 is 15.2 Å². The van der Waals surface area contributed by atoms with Gasteiger partial charge in [-0.1, -0.05) is 5.16 Å². The summed E-state index contributed by atoms with van der Waals surface area (Å²) in [6.45, 7) is 5.96. The van der Waals surface area contributed by atoms with E-state index in [9.17, 15) is 4.79 Å². The van der Waals surface area contributed by atoms with Gasteiger partial charge in [0.1, 0.15) is 5.76 Å². The van der Waals surface area contributed by atoms with E-state index >= 15 is 0 Å². The molecule has 0 bridgehead atoms. The normalized spacial score (nSPS) is 10.7. The molecule has 0 aliphatic rings. The number of amides is 1. The Morgan fingerprint density at radius 3 is 2.90 bits per heavy atom. The molecule has 2 heterocycles. The van der Waals surface area contributed by atoms with E-state index in [0.29, 0.717) is 24.5 Å². The van der Waals surface area contributed by atoms with Gasteiger partial charge in [0.05, 0.1) is 12.7 Å². The van der Waals surface area contributed by atoms with Crippen LogP contribution in [-0.2, 0) is 11.3 Å². The molecule has 2 N–H and O–H groups in total. The third-order valence-electron chi connectivity index (χ3n) is 2.70. The maximum Gasteiger partial charge on any atom is 0.226 e. The van der Waals surface area contributed by atoms with Crippen molar-refractivity contribution in [2.75, 3.05) is 18.4 Å². The highest BCUT2D eigenvalue weighted by molar-refractivity contribution is 5.89. The van der Waals surface area contributed by atoms with Gasteiger partial charge in [0.25, 0.3) is 0 Å². The van der Waals surface area contributed by atoms with Gasteiger partial charge in [0.2, 0.25) is 5.91 Å². The predicted molar refractivity (Wildman–Crippen MR) is 74.3 cm³/mol. The van der Waals surface area contributed by atoms with Crippen LogP contribution >= 0.6 is 0 Å². The second-order valence-electron chi connectivity index (χ2n) is 4.65. The third-order valence-corrected chi connectivity index (χ3v) is 2.70. The number of carbonyl (C=O) groups excluding carboxylic acids is 1. The SMILES string of the molecule is Cc1cnn(CCNCCC(=O)Nc2cc(C)on2)c1. The summed E-state index contributed by atoms with van der Waals surface area (Å²) < 4.78 is 6.74. The number of nitrogens with one attached hydrogen (secondary N) is 2. The average Bonchev–Trinajstić information content (AvgIpc) is 2.98. The van der Waals surface area contributed by atoms with Gasteiger partial charge >= 0.3 is 0 Å². The fraction of sp³-hybridized carbons (Fsp3) is 0.462. The predicted octanol–water partition coefficient (Wildman–Crippen LogP) is 1.11. The minimum Gasteiger partial charge on any atom is -0.360 e. The summed E-state index contributed by atoms with van der Waals surface area (Å²) in [5, 5.41) is 13.8. The topological polar surface area (TPSA) is 85.0 Å². The summed E-state index contributed by atoms with van der Waals surface area (Å²) in [6.07, 6.45) is 4.21. The lowest BCUT2D eigenvalue weighted by molar-refractivity contribution is -0.116. The molecule has 0 spiro atoms. The standard InChI is InChI=1S/C13H19N5O2/c1-10-8-15-18(9-10)6-5-14-4-3-13(19)16-12-7-11(2)20-17-12/h7-9,14H,3-6H2,1-2H3,(H,16,17,19). The number of anilines is 1. The second kappa shape index (κ2) is 6.85. The van der Waals surface area contributed by atoms with E-state index in [0.717, 1.165) is 18.7 Å². The molecule has 108 valence electrons. The van der Waals surface area contributed by atoms with Crippen LogP contribution in [0.25, 0.3) is 0 Å². The molecule has 0 saturated carbocycles. The lowest BCUT2D eigenvalue weighted by Crippen LogP contribution is -2.25. The van der Waals surface area contributed by atoms with Crippen LogP contribution in [-0.4, -0.2) is 33.9 Å². The van der Waals surface area contributed by atoms with E-state index in [1.54, 1.807) is 13.0 Å². The highest BCUT2D eigenvalue weighted by atomic mass is 16.5. The lowest BCUT2D eigenvalue weighted by Gasteiger charge is -2.05. The molecule has 0 radical (unpaired) electrons. The first-order chi connectivity index (χ1) is 9.63. The summed E-state index contributed by atoms with van der Waals surface area (Å²) in [4.78, 5) is 11.6. The van der Waals surface area contributed by atoms with Crippen molar-refractivity contribution in [3.8, 4) is 0 Å². The third kappa shape index (κ3) is 4.51. The molecule has 0 unspecified atom stereocenters. The van der Waals surface area contributed by atoms with E-state index in [-0.39, 0.29) is 5.91 Å². The Labute approximate surface area is 117 Å². The van der Waals surface area contributed by atoms with Gasteiger partial charge in [-0.3, -0.25) is 9.48 Å². The maximum absolute atomic E-state index is 11.6. The number of hydrogen-bond acceptors (Lipinski definition) is 5. The van der Waals surface area contributed by atoms with Crippen LogP contribution in [0.5, 0.6) is 0 Å². The van der Waals surface area contributed by atoms with Crippen molar-refractivity contribution >= 4 is 11.7 Å². The first-order valence-electron chi connectivity index (χ1n) is 6.56. The Bertz CT molecular complexity index is 561. The van der Waals surface area contributed by atoms with Crippen molar-refractivity contribution in [3.05, 3.63) is 29.8 Å². The zero-order valence-electron chi connectivity index (χ0n) is 11.7. The molecule has 0 fully saturated rings. The molecule has 0 aliphatic carbocycles. The zero-order valence-corrected chi connectivity index (χ0v) is 11.7. The molecule has 0 atom stereocenters. The van der Waals surface area contributed by atoms with Crippen molar-refractivity contribution in [3.63, 3.8) is 0 Å². The van der Waals surface area contributed by atoms with Crippen LogP contribution in [0.2, 0.25) is 0 Å².